The van der Waals surface area contributed by atoms with Crippen LogP contribution in [0.4, 0.5) is 11.6 Å². The lowest BCUT2D eigenvalue weighted by atomic mass is 10.2. The zero-order chi connectivity index (χ0) is 18.4. The Balaban J connectivity index is 1.68. The summed E-state index contributed by atoms with van der Waals surface area (Å²) < 4.78 is 10.8. The molecule has 1 aromatic carbocycles. The number of rotatable bonds is 7. The van der Waals surface area contributed by atoms with Crippen LogP contribution in [0.2, 0.25) is 0 Å². The first-order chi connectivity index (χ1) is 12.7. The van der Waals surface area contributed by atoms with Crippen LogP contribution in [0.3, 0.4) is 0 Å². The van der Waals surface area contributed by atoms with Crippen molar-refractivity contribution in [2.75, 3.05) is 24.4 Å². The minimum Gasteiger partial charge on any atom is -0.497 e. The van der Waals surface area contributed by atoms with E-state index in [0.717, 1.165) is 24.2 Å². The summed E-state index contributed by atoms with van der Waals surface area (Å²) in [7, 11) is 1.62. The predicted molar refractivity (Wildman–Crippen MR) is 95.7 cm³/mol. The van der Waals surface area contributed by atoms with Gasteiger partial charge in [0, 0.05) is 6.54 Å². The summed E-state index contributed by atoms with van der Waals surface area (Å²) in [4.78, 5) is 8.33. The van der Waals surface area contributed by atoms with E-state index in [1.807, 2.05) is 24.3 Å². The van der Waals surface area contributed by atoms with E-state index in [2.05, 4.69) is 26.7 Å². The summed E-state index contributed by atoms with van der Waals surface area (Å²) in [6.45, 7) is 0.503. The Bertz CT molecular complexity index is 775. The molecule has 2 aromatic rings. The molecule has 1 aliphatic rings. The standard InChI is InChI=1S/C18H21N5O3/c1-25-13-4-2-12(3-5-13)9-20-17-15(8-19)18(22-11-21-17)23-16-7-6-14(10-24)26-16/h2-5,11,14,16,24H,6-7,9-10H2,1H3,(H2,20,21,22,23)/t14-,16+/m0/s1. The Morgan fingerprint density at radius 1 is 1.27 bits per heavy atom. The minimum atomic E-state index is -0.274. The van der Waals surface area contributed by atoms with Gasteiger partial charge in [0.25, 0.3) is 0 Å². The smallest absolute Gasteiger partial charge is 0.151 e. The summed E-state index contributed by atoms with van der Waals surface area (Å²) in [6.07, 6.45) is 2.47. The van der Waals surface area contributed by atoms with Crippen LogP contribution in [-0.2, 0) is 11.3 Å². The molecule has 3 rings (SSSR count). The van der Waals surface area contributed by atoms with Gasteiger partial charge in [-0.15, -0.1) is 0 Å². The maximum Gasteiger partial charge on any atom is 0.151 e. The van der Waals surface area contributed by atoms with E-state index in [9.17, 15) is 5.26 Å². The largest absolute Gasteiger partial charge is 0.497 e. The minimum absolute atomic E-state index is 0.0122. The maximum absolute atomic E-state index is 9.53. The molecule has 0 saturated carbocycles. The monoisotopic (exact) mass is 355 g/mol. The highest BCUT2D eigenvalue weighted by Crippen LogP contribution is 2.25. The molecule has 26 heavy (non-hydrogen) atoms. The fourth-order valence-corrected chi connectivity index (χ4v) is 2.76. The van der Waals surface area contributed by atoms with E-state index >= 15 is 0 Å². The molecule has 3 N–H and O–H groups in total. The third-order valence-corrected chi connectivity index (χ3v) is 4.19. The SMILES string of the molecule is COc1ccc(CNc2ncnc(N[C@H]3CC[C@@H](CO)O3)c2C#N)cc1. The first kappa shape index (κ1) is 17.9. The molecule has 8 nitrogen and oxygen atoms in total. The van der Waals surface area contributed by atoms with E-state index < -0.39 is 0 Å². The number of hydrogen-bond donors (Lipinski definition) is 3. The topological polar surface area (TPSA) is 112 Å². The van der Waals surface area contributed by atoms with Crippen LogP contribution >= 0.6 is 0 Å². The van der Waals surface area contributed by atoms with Crippen molar-refractivity contribution in [3.63, 3.8) is 0 Å². The van der Waals surface area contributed by atoms with Crippen molar-refractivity contribution in [1.82, 2.24) is 9.97 Å². The molecule has 0 bridgehead atoms. The zero-order valence-electron chi connectivity index (χ0n) is 14.5. The van der Waals surface area contributed by atoms with Crippen LogP contribution in [0.25, 0.3) is 0 Å². The summed E-state index contributed by atoms with van der Waals surface area (Å²) in [5.41, 5.74) is 1.37. The van der Waals surface area contributed by atoms with Gasteiger partial charge in [0.1, 0.15) is 35.8 Å². The molecule has 0 spiro atoms. The molecule has 1 fully saturated rings. The van der Waals surface area contributed by atoms with Crippen LogP contribution in [0.15, 0.2) is 30.6 Å². The number of methoxy groups -OCH3 is 1. The Labute approximate surface area is 151 Å². The first-order valence-electron chi connectivity index (χ1n) is 8.38. The summed E-state index contributed by atoms with van der Waals surface area (Å²) in [6, 6.07) is 9.79. The van der Waals surface area contributed by atoms with Crippen molar-refractivity contribution in [3.05, 3.63) is 41.7 Å². The molecule has 2 atom stereocenters. The van der Waals surface area contributed by atoms with Crippen LogP contribution < -0.4 is 15.4 Å². The van der Waals surface area contributed by atoms with E-state index in [-0.39, 0.29) is 18.9 Å². The highest BCUT2D eigenvalue weighted by Gasteiger charge is 2.26. The Kier molecular flexibility index (Phi) is 5.84. The van der Waals surface area contributed by atoms with Crippen molar-refractivity contribution in [2.45, 2.75) is 31.7 Å². The number of aromatic nitrogens is 2. The number of aliphatic hydroxyl groups is 1. The normalized spacial score (nSPS) is 19.0. The lowest BCUT2D eigenvalue weighted by molar-refractivity contribution is 0.0234. The molecule has 8 heteroatoms. The number of nitriles is 1. The van der Waals surface area contributed by atoms with Gasteiger partial charge >= 0.3 is 0 Å². The van der Waals surface area contributed by atoms with Gasteiger partial charge in [-0.1, -0.05) is 12.1 Å². The van der Waals surface area contributed by atoms with Crippen LogP contribution in [0.5, 0.6) is 5.75 Å². The molecule has 1 saturated heterocycles. The number of ether oxygens (including phenoxy) is 2. The van der Waals surface area contributed by atoms with Gasteiger partial charge in [-0.25, -0.2) is 9.97 Å². The second kappa shape index (κ2) is 8.47. The quantitative estimate of drug-likeness (QED) is 0.690. The molecule has 0 aliphatic carbocycles. The Hall–Kier alpha value is -2.89. The van der Waals surface area contributed by atoms with Gasteiger partial charge in [-0.05, 0) is 30.5 Å². The van der Waals surface area contributed by atoms with Gasteiger partial charge in [-0.2, -0.15) is 5.26 Å². The first-order valence-corrected chi connectivity index (χ1v) is 8.38. The summed E-state index contributed by atoms with van der Waals surface area (Å²) in [5.74, 6) is 1.67. The molecule has 0 amide bonds. The van der Waals surface area contributed by atoms with Crippen molar-refractivity contribution >= 4 is 11.6 Å². The van der Waals surface area contributed by atoms with Gasteiger partial charge in [0.2, 0.25) is 0 Å². The number of hydrogen-bond acceptors (Lipinski definition) is 8. The van der Waals surface area contributed by atoms with Crippen LogP contribution in [-0.4, -0.2) is 41.1 Å². The van der Waals surface area contributed by atoms with Gasteiger partial charge in [-0.3, -0.25) is 0 Å². The lowest BCUT2D eigenvalue weighted by Gasteiger charge is -2.16. The highest BCUT2D eigenvalue weighted by molar-refractivity contribution is 5.64. The van der Waals surface area contributed by atoms with E-state index in [0.29, 0.717) is 23.7 Å². The van der Waals surface area contributed by atoms with Gasteiger partial charge in [0.05, 0.1) is 19.8 Å². The number of nitrogens with zero attached hydrogens (tertiary/aromatic N) is 3. The average Bonchev–Trinajstić information content (AvgIpc) is 3.14. The summed E-state index contributed by atoms with van der Waals surface area (Å²) in [5, 5.41) is 25.0. The number of nitrogens with one attached hydrogen (secondary N) is 2. The maximum atomic E-state index is 9.53. The highest BCUT2D eigenvalue weighted by atomic mass is 16.5. The Morgan fingerprint density at radius 3 is 2.69 bits per heavy atom. The molecular formula is C18H21N5O3. The molecule has 136 valence electrons. The third-order valence-electron chi connectivity index (χ3n) is 4.19. The van der Waals surface area contributed by atoms with Crippen molar-refractivity contribution < 1.29 is 14.6 Å². The molecule has 2 heterocycles. The molecule has 0 unspecified atom stereocenters. The van der Waals surface area contributed by atoms with Crippen molar-refractivity contribution in [3.8, 4) is 11.8 Å². The van der Waals surface area contributed by atoms with Crippen molar-refractivity contribution in [2.24, 2.45) is 0 Å². The van der Waals surface area contributed by atoms with E-state index in [1.165, 1.54) is 6.33 Å². The average molecular weight is 355 g/mol. The van der Waals surface area contributed by atoms with E-state index in [1.54, 1.807) is 7.11 Å². The second-order valence-electron chi connectivity index (χ2n) is 5.91. The molecule has 1 aromatic heterocycles. The number of aliphatic hydroxyl groups excluding tert-OH is 1. The second-order valence-corrected chi connectivity index (χ2v) is 5.91. The number of anilines is 2. The molecule has 1 aliphatic heterocycles. The summed E-state index contributed by atoms with van der Waals surface area (Å²) >= 11 is 0. The fourth-order valence-electron chi connectivity index (χ4n) is 2.76. The van der Waals surface area contributed by atoms with Gasteiger partial charge in [0.15, 0.2) is 5.82 Å². The fraction of sp³-hybridized carbons (Fsp3) is 0.389. The molecule has 0 radical (unpaired) electrons. The van der Waals surface area contributed by atoms with E-state index in [4.69, 9.17) is 14.6 Å². The predicted octanol–water partition coefficient (Wildman–Crippen LogP) is 1.88. The number of benzene rings is 1. The molecular weight excluding hydrogens is 334 g/mol. The Morgan fingerprint density at radius 2 is 2.04 bits per heavy atom. The third kappa shape index (κ3) is 4.20. The lowest BCUT2D eigenvalue weighted by Crippen LogP contribution is -2.23. The van der Waals surface area contributed by atoms with Gasteiger partial charge < -0.3 is 25.2 Å². The van der Waals surface area contributed by atoms with Crippen molar-refractivity contribution in [1.29, 1.82) is 5.26 Å². The van der Waals surface area contributed by atoms with Crippen LogP contribution in [0.1, 0.15) is 24.0 Å². The zero-order valence-corrected chi connectivity index (χ0v) is 14.5. The van der Waals surface area contributed by atoms with Crippen LogP contribution in [0, 0.1) is 11.3 Å².